The molecule has 0 aliphatic carbocycles. The highest BCUT2D eigenvalue weighted by Crippen LogP contribution is 2.33. The van der Waals surface area contributed by atoms with E-state index in [4.69, 9.17) is 9.47 Å². The summed E-state index contributed by atoms with van der Waals surface area (Å²) in [4.78, 5) is 13.0. The Morgan fingerprint density at radius 3 is 2.18 bits per heavy atom. The fourth-order valence-corrected chi connectivity index (χ4v) is 4.30. The Labute approximate surface area is 194 Å². The monoisotopic (exact) mass is 466 g/mol. The number of carbonyl (C=O) groups is 1. The standard InChI is InChI=1S/C25H26N2O5S/c1-5-6-18-15-19(16-23(31-3)24(18)32-4)25(28)26-20-9-11-21(12-10-20)27-33(29,30)22-13-7-17(2)8-14-22/h5,7-16,27H,1,6H2,2-4H3,(H,26,28). The van der Waals surface area contributed by atoms with Gasteiger partial charge in [-0.15, -0.1) is 6.58 Å². The molecule has 0 heterocycles. The van der Waals surface area contributed by atoms with Gasteiger partial charge in [0, 0.05) is 22.5 Å². The summed E-state index contributed by atoms with van der Waals surface area (Å²) in [5.74, 6) is 0.663. The van der Waals surface area contributed by atoms with Gasteiger partial charge < -0.3 is 14.8 Å². The van der Waals surface area contributed by atoms with Gasteiger partial charge in [-0.1, -0.05) is 23.8 Å². The summed E-state index contributed by atoms with van der Waals surface area (Å²) in [6.45, 7) is 5.63. The number of sulfonamides is 1. The van der Waals surface area contributed by atoms with E-state index in [1.807, 2.05) is 6.92 Å². The number of allylic oxidation sites excluding steroid dienone is 1. The lowest BCUT2D eigenvalue weighted by molar-refractivity contribution is 0.102. The van der Waals surface area contributed by atoms with Gasteiger partial charge in [-0.2, -0.15) is 0 Å². The highest BCUT2D eigenvalue weighted by molar-refractivity contribution is 7.92. The second kappa shape index (κ2) is 10.2. The zero-order chi connectivity index (χ0) is 24.0. The predicted octanol–water partition coefficient (Wildman–Crippen LogP) is 4.79. The maximum absolute atomic E-state index is 12.8. The Morgan fingerprint density at radius 1 is 0.970 bits per heavy atom. The molecule has 8 heteroatoms. The maximum atomic E-state index is 12.8. The zero-order valence-corrected chi connectivity index (χ0v) is 19.5. The minimum atomic E-state index is -3.70. The predicted molar refractivity (Wildman–Crippen MR) is 130 cm³/mol. The minimum Gasteiger partial charge on any atom is -0.493 e. The van der Waals surface area contributed by atoms with Gasteiger partial charge in [-0.25, -0.2) is 8.42 Å². The number of hydrogen-bond acceptors (Lipinski definition) is 5. The average Bonchev–Trinajstić information content (AvgIpc) is 2.80. The zero-order valence-electron chi connectivity index (χ0n) is 18.7. The Hall–Kier alpha value is -3.78. The molecule has 2 N–H and O–H groups in total. The van der Waals surface area contributed by atoms with Gasteiger partial charge in [-0.05, 0) is 61.9 Å². The van der Waals surface area contributed by atoms with Crippen LogP contribution in [0.5, 0.6) is 11.5 Å². The summed E-state index contributed by atoms with van der Waals surface area (Å²) in [5.41, 5.74) is 3.04. The van der Waals surface area contributed by atoms with E-state index in [2.05, 4.69) is 16.6 Å². The van der Waals surface area contributed by atoms with Crippen molar-refractivity contribution in [2.45, 2.75) is 18.2 Å². The number of anilines is 2. The van der Waals surface area contributed by atoms with Crippen LogP contribution in [0.2, 0.25) is 0 Å². The highest BCUT2D eigenvalue weighted by atomic mass is 32.2. The lowest BCUT2D eigenvalue weighted by Crippen LogP contribution is -2.14. The molecular formula is C25H26N2O5S. The van der Waals surface area contributed by atoms with Gasteiger partial charge in [-0.3, -0.25) is 9.52 Å². The first kappa shape index (κ1) is 23.9. The van der Waals surface area contributed by atoms with E-state index >= 15 is 0 Å². The summed E-state index contributed by atoms with van der Waals surface area (Å²) in [7, 11) is -0.657. The van der Waals surface area contributed by atoms with E-state index in [1.54, 1.807) is 73.8 Å². The van der Waals surface area contributed by atoms with Crippen LogP contribution in [0.4, 0.5) is 11.4 Å². The van der Waals surface area contributed by atoms with Crippen molar-refractivity contribution in [1.82, 2.24) is 0 Å². The van der Waals surface area contributed by atoms with E-state index in [0.29, 0.717) is 34.9 Å². The van der Waals surface area contributed by atoms with E-state index < -0.39 is 10.0 Å². The van der Waals surface area contributed by atoms with Crippen molar-refractivity contribution in [3.05, 3.63) is 90.0 Å². The Balaban J connectivity index is 1.76. The van der Waals surface area contributed by atoms with Gasteiger partial charge in [0.15, 0.2) is 11.5 Å². The molecule has 3 aromatic carbocycles. The molecule has 33 heavy (non-hydrogen) atoms. The molecule has 0 radical (unpaired) electrons. The molecule has 0 spiro atoms. The van der Waals surface area contributed by atoms with Crippen LogP contribution in [0.3, 0.4) is 0 Å². The molecule has 0 fully saturated rings. The van der Waals surface area contributed by atoms with Crippen LogP contribution >= 0.6 is 0 Å². The number of hydrogen-bond donors (Lipinski definition) is 2. The van der Waals surface area contributed by atoms with E-state index in [-0.39, 0.29) is 10.8 Å². The van der Waals surface area contributed by atoms with Gasteiger partial charge in [0.05, 0.1) is 19.1 Å². The number of amides is 1. The fourth-order valence-electron chi connectivity index (χ4n) is 3.24. The van der Waals surface area contributed by atoms with Crippen LogP contribution in [-0.2, 0) is 16.4 Å². The number of nitrogens with one attached hydrogen (secondary N) is 2. The Morgan fingerprint density at radius 2 is 1.61 bits per heavy atom. The summed E-state index contributed by atoms with van der Waals surface area (Å²) in [5, 5.41) is 2.81. The molecular weight excluding hydrogens is 440 g/mol. The lowest BCUT2D eigenvalue weighted by Gasteiger charge is -2.14. The molecule has 3 aromatic rings. The minimum absolute atomic E-state index is 0.175. The molecule has 0 aliphatic heterocycles. The molecule has 0 saturated carbocycles. The quantitative estimate of drug-likeness (QED) is 0.442. The third-order valence-electron chi connectivity index (χ3n) is 4.91. The van der Waals surface area contributed by atoms with Crippen molar-refractivity contribution in [3.8, 4) is 11.5 Å². The summed E-state index contributed by atoms with van der Waals surface area (Å²) < 4.78 is 38.4. The largest absolute Gasteiger partial charge is 0.493 e. The average molecular weight is 467 g/mol. The lowest BCUT2D eigenvalue weighted by atomic mass is 10.0. The topological polar surface area (TPSA) is 93.7 Å². The molecule has 0 atom stereocenters. The highest BCUT2D eigenvalue weighted by Gasteiger charge is 2.17. The second-order valence-electron chi connectivity index (χ2n) is 7.31. The smallest absolute Gasteiger partial charge is 0.261 e. The van der Waals surface area contributed by atoms with Gasteiger partial charge >= 0.3 is 0 Å². The SMILES string of the molecule is C=CCc1cc(C(=O)Nc2ccc(NS(=O)(=O)c3ccc(C)cc3)cc2)cc(OC)c1OC. The molecule has 3 rings (SSSR count). The molecule has 0 aromatic heterocycles. The van der Waals surface area contributed by atoms with Gasteiger partial charge in [0.2, 0.25) is 0 Å². The van der Waals surface area contributed by atoms with Crippen molar-refractivity contribution >= 4 is 27.3 Å². The van der Waals surface area contributed by atoms with Crippen LogP contribution in [0.1, 0.15) is 21.5 Å². The molecule has 1 amide bonds. The Bertz CT molecular complexity index is 1250. The van der Waals surface area contributed by atoms with E-state index in [9.17, 15) is 13.2 Å². The maximum Gasteiger partial charge on any atom is 0.261 e. The van der Waals surface area contributed by atoms with Crippen molar-refractivity contribution in [3.63, 3.8) is 0 Å². The second-order valence-corrected chi connectivity index (χ2v) is 9.00. The first-order valence-electron chi connectivity index (χ1n) is 10.1. The first-order chi connectivity index (χ1) is 15.8. The number of benzene rings is 3. The van der Waals surface area contributed by atoms with Crippen molar-refractivity contribution in [1.29, 1.82) is 0 Å². The number of ether oxygens (including phenoxy) is 2. The number of aryl methyl sites for hydroxylation is 1. The van der Waals surface area contributed by atoms with E-state index in [1.165, 1.54) is 7.11 Å². The van der Waals surface area contributed by atoms with E-state index in [0.717, 1.165) is 11.1 Å². The van der Waals surface area contributed by atoms with Crippen LogP contribution in [0, 0.1) is 6.92 Å². The third-order valence-corrected chi connectivity index (χ3v) is 6.31. The van der Waals surface area contributed by atoms with Crippen LogP contribution in [-0.4, -0.2) is 28.5 Å². The summed E-state index contributed by atoms with van der Waals surface area (Å²) in [6.07, 6.45) is 2.23. The van der Waals surface area contributed by atoms with Crippen LogP contribution in [0.15, 0.2) is 78.2 Å². The Kier molecular flexibility index (Phi) is 7.40. The third kappa shape index (κ3) is 5.72. The fraction of sp³-hybridized carbons (Fsp3) is 0.160. The molecule has 0 bridgehead atoms. The van der Waals surface area contributed by atoms with Crippen molar-refractivity contribution in [2.24, 2.45) is 0 Å². The van der Waals surface area contributed by atoms with Gasteiger partial charge in [0.1, 0.15) is 0 Å². The van der Waals surface area contributed by atoms with Crippen molar-refractivity contribution in [2.75, 3.05) is 24.3 Å². The van der Waals surface area contributed by atoms with Crippen LogP contribution in [0.25, 0.3) is 0 Å². The molecule has 0 saturated heterocycles. The van der Waals surface area contributed by atoms with Crippen LogP contribution < -0.4 is 19.5 Å². The normalized spacial score (nSPS) is 10.9. The molecule has 172 valence electrons. The first-order valence-corrected chi connectivity index (χ1v) is 11.6. The molecule has 0 aliphatic rings. The van der Waals surface area contributed by atoms with Gasteiger partial charge in [0.25, 0.3) is 15.9 Å². The summed E-state index contributed by atoms with van der Waals surface area (Å²) >= 11 is 0. The summed E-state index contributed by atoms with van der Waals surface area (Å²) in [6, 6.07) is 16.3. The number of carbonyl (C=O) groups excluding carboxylic acids is 1. The van der Waals surface area contributed by atoms with Crippen molar-refractivity contribution < 1.29 is 22.7 Å². The molecule has 0 unspecified atom stereocenters. The number of rotatable bonds is 9. The molecule has 7 nitrogen and oxygen atoms in total. The number of methoxy groups -OCH3 is 2.